The molecule has 1 aromatic carbocycles. The zero-order valence-corrected chi connectivity index (χ0v) is 14.5. The van der Waals surface area contributed by atoms with E-state index in [0.717, 1.165) is 44.4 Å². The van der Waals surface area contributed by atoms with E-state index < -0.39 is 0 Å². The van der Waals surface area contributed by atoms with E-state index in [9.17, 15) is 0 Å². The van der Waals surface area contributed by atoms with E-state index in [0.29, 0.717) is 5.92 Å². The molecule has 0 aliphatic carbocycles. The lowest BCUT2D eigenvalue weighted by molar-refractivity contribution is 0.196. The van der Waals surface area contributed by atoms with Crippen molar-refractivity contribution in [3.8, 4) is 0 Å². The molecule has 1 aliphatic rings. The van der Waals surface area contributed by atoms with Gasteiger partial charge in [-0.3, -0.25) is 4.90 Å². The lowest BCUT2D eigenvalue weighted by atomic mass is 10.2. The van der Waals surface area contributed by atoms with Gasteiger partial charge in [-0.2, -0.15) is 0 Å². The Hall–Kier alpha value is -1.39. The maximum Gasteiger partial charge on any atom is 0.169 e. The van der Waals surface area contributed by atoms with E-state index in [1.165, 1.54) is 5.56 Å². The molecule has 0 unspecified atom stereocenters. The van der Waals surface area contributed by atoms with Gasteiger partial charge in [0.25, 0.3) is 0 Å². The van der Waals surface area contributed by atoms with Crippen molar-refractivity contribution in [1.29, 1.82) is 0 Å². The second-order valence-corrected chi connectivity index (χ2v) is 6.57. The number of hydrogen-bond acceptors (Lipinski definition) is 2. The molecule has 2 rings (SSSR count). The van der Waals surface area contributed by atoms with Crippen LogP contribution in [-0.2, 0) is 0 Å². The summed E-state index contributed by atoms with van der Waals surface area (Å²) < 4.78 is 0. The summed E-state index contributed by atoms with van der Waals surface area (Å²) in [6.07, 6.45) is 4.45. The Morgan fingerprint density at radius 2 is 1.86 bits per heavy atom. The third kappa shape index (κ3) is 5.78. The van der Waals surface area contributed by atoms with Gasteiger partial charge in [-0.1, -0.05) is 56.3 Å². The van der Waals surface area contributed by atoms with Gasteiger partial charge in [-0.25, -0.2) is 0 Å². The summed E-state index contributed by atoms with van der Waals surface area (Å²) in [6.45, 7) is 10.5. The van der Waals surface area contributed by atoms with Crippen LogP contribution in [0.25, 0.3) is 6.08 Å². The molecule has 0 aromatic heterocycles. The van der Waals surface area contributed by atoms with E-state index in [-0.39, 0.29) is 0 Å². The molecule has 0 radical (unpaired) electrons. The first kappa shape index (κ1) is 17.0. The largest absolute Gasteiger partial charge is 0.362 e. The van der Waals surface area contributed by atoms with Crippen molar-refractivity contribution in [3.63, 3.8) is 0 Å². The highest BCUT2D eigenvalue weighted by atomic mass is 32.1. The minimum Gasteiger partial charge on any atom is -0.362 e. The van der Waals surface area contributed by atoms with Crippen LogP contribution in [0, 0.1) is 5.92 Å². The molecule has 1 heterocycles. The predicted molar refractivity (Wildman–Crippen MR) is 98.9 cm³/mol. The third-order valence-corrected chi connectivity index (χ3v) is 4.20. The monoisotopic (exact) mass is 317 g/mol. The van der Waals surface area contributed by atoms with Gasteiger partial charge < -0.3 is 10.2 Å². The van der Waals surface area contributed by atoms with Crippen LogP contribution in [0.1, 0.15) is 19.4 Å². The molecule has 1 aliphatic heterocycles. The van der Waals surface area contributed by atoms with Crippen LogP contribution in [-0.4, -0.2) is 54.2 Å². The van der Waals surface area contributed by atoms with Crippen LogP contribution in [0.15, 0.2) is 36.4 Å². The van der Waals surface area contributed by atoms with Crippen molar-refractivity contribution in [3.05, 3.63) is 42.0 Å². The second-order valence-electron chi connectivity index (χ2n) is 6.18. The highest BCUT2D eigenvalue weighted by molar-refractivity contribution is 7.80. The smallest absolute Gasteiger partial charge is 0.169 e. The molecule has 0 spiro atoms. The minimum absolute atomic E-state index is 0.627. The normalized spacial score (nSPS) is 16.4. The SMILES string of the molecule is CC(C)CNC(=S)N1CCN(C/C=C/c2ccccc2)CC1. The van der Waals surface area contributed by atoms with Crippen molar-refractivity contribution in [2.24, 2.45) is 5.92 Å². The van der Waals surface area contributed by atoms with Gasteiger partial charge in [0.05, 0.1) is 0 Å². The number of hydrogen-bond donors (Lipinski definition) is 1. The summed E-state index contributed by atoms with van der Waals surface area (Å²) in [5.74, 6) is 0.627. The quantitative estimate of drug-likeness (QED) is 0.841. The molecule has 3 nitrogen and oxygen atoms in total. The first-order valence-corrected chi connectivity index (χ1v) is 8.52. The minimum atomic E-state index is 0.627. The van der Waals surface area contributed by atoms with E-state index in [2.05, 4.69) is 65.4 Å². The molecular formula is C18H27N3S. The fourth-order valence-electron chi connectivity index (χ4n) is 2.44. The maximum absolute atomic E-state index is 5.46. The molecule has 1 N–H and O–H groups in total. The van der Waals surface area contributed by atoms with Crippen LogP contribution >= 0.6 is 12.2 Å². The molecular weight excluding hydrogens is 290 g/mol. The molecule has 0 amide bonds. The van der Waals surface area contributed by atoms with Crippen molar-refractivity contribution in [2.45, 2.75) is 13.8 Å². The second kappa shape index (κ2) is 8.91. The van der Waals surface area contributed by atoms with Gasteiger partial charge in [0.1, 0.15) is 0 Å². The summed E-state index contributed by atoms with van der Waals surface area (Å²) in [5.41, 5.74) is 1.26. The first-order chi connectivity index (χ1) is 10.6. The van der Waals surface area contributed by atoms with E-state index in [4.69, 9.17) is 12.2 Å². The Morgan fingerprint density at radius 3 is 2.50 bits per heavy atom. The van der Waals surface area contributed by atoms with Crippen LogP contribution in [0.2, 0.25) is 0 Å². The van der Waals surface area contributed by atoms with Gasteiger partial charge >= 0.3 is 0 Å². The predicted octanol–water partition coefficient (Wildman–Crippen LogP) is 2.85. The summed E-state index contributed by atoms with van der Waals surface area (Å²) in [7, 11) is 0. The topological polar surface area (TPSA) is 18.5 Å². The van der Waals surface area contributed by atoms with Crippen molar-refractivity contribution < 1.29 is 0 Å². The maximum atomic E-state index is 5.46. The number of nitrogens with one attached hydrogen (secondary N) is 1. The van der Waals surface area contributed by atoms with Gasteiger partial charge in [-0.05, 0) is 23.7 Å². The molecule has 1 aromatic rings. The Bertz CT molecular complexity index is 476. The molecule has 0 saturated carbocycles. The fraction of sp³-hybridized carbons (Fsp3) is 0.500. The number of piperazine rings is 1. The number of nitrogens with zero attached hydrogens (tertiary/aromatic N) is 2. The molecule has 1 fully saturated rings. The molecule has 120 valence electrons. The molecule has 0 atom stereocenters. The van der Waals surface area contributed by atoms with Crippen LogP contribution in [0.5, 0.6) is 0 Å². The number of benzene rings is 1. The van der Waals surface area contributed by atoms with Crippen LogP contribution in [0.4, 0.5) is 0 Å². The van der Waals surface area contributed by atoms with Gasteiger partial charge in [0.2, 0.25) is 0 Å². The average molecular weight is 318 g/mol. The van der Waals surface area contributed by atoms with E-state index in [1.54, 1.807) is 0 Å². The van der Waals surface area contributed by atoms with Gasteiger partial charge in [0, 0.05) is 39.3 Å². The Labute approximate surface area is 140 Å². The zero-order valence-electron chi connectivity index (χ0n) is 13.7. The number of rotatable bonds is 5. The standard InChI is InChI=1S/C18H27N3S/c1-16(2)15-19-18(22)21-13-11-20(12-14-21)10-6-9-17-7-4-3-5-8-17/h3-9,16H,10-15H2,1-2H3,(H,19,22)/b9-6+. The molecule has 0 bridgehead atoms. The van der Waals surface area contributed by atoms with Gasteiger partial charge in [0.15, 0.2) is 5.11 Å². The molecule has 4 heteroatoms. The van der Waals surface area contributed by atoms with Gasteiger partial charge in [-0.15, -0.1) is 0 Å². The lowest BCUT2D eigenvalue weighted by Crippen LogP contribution is -2.52. The Kier molecular flexibility index (Phi) is 6.87. The van der Waals surface area contributed by atoms with E-state index in [1.807, 2.05) is 6.07 Å². The highest BCUT2D eigenvalue weighted by Crippen LogP contribution is 2.05. The summed E-state index contributed by atoms with van der Waals surface area (Å²) in [6, 6.07) is 10.5. The third-order valence-electron chi connectivity index (χ3n) is 3.79. The van der Waals surface area contributed by atoms with Crippen molar-refractivity contribution in [1.82, 2.24) is 15.1 Å². The Morgan fingerprint density at radius 1 is 1.18 bits per heavy atom. The zero-order chi connectivity index (χ0) is 15.8. The Balaban J connectivity index is 1.69. The van der Waals surface area contributed by atoms with Crippen LogP contribution in [0.3, 0.4) is 0 Å². The average Bonchev–Trinajstić information content (AvgIpc) is 2.54. The first-order valence-electron chi connectivity index (χ1n) is 8.12. The highest BCUT2D eigenvalue weighted by Gasteiger charge is 2.17. The number of thiocarbonyl (C=S) groups is 1. The van der Waals surface area contributed by atoms with E-state index >= 15 is 0 Å². The lowest BCUT2D eigenvalue weighted by Gasteiger charge is -2.35. The summed E-state index contributed by atoms with van der Waals surface area (Å²) >= 11 is 5.46. The molecule has 22 heavy (non-hydrogen) atoms. The molecule has 1 saturated heterocycles. The summed E-state index contributed by atoms with van der Waals surface area (Å²) in [5, 5.41) is 4.27. The van der Waals surface area contributed by atoms with Crippen LogP contribution < -0.4 is 5.32 Å². The fourth-order valence-corrected chi connectivity index (χ4v) is 2.70. The van der Waals surface area contributed by atoms with Crippen molar-refractivity contribution in [2.75, 3.05) is 39.3 Å². The summed E-state index contributed by atoms with van der Waals surface area (Å²) in [4.78, 5) is 4.76. The van der Waals surface area contributed by atoms with Crippen molar-refractivity contribution >= 4 is 23.4 Å².